The topological polar surface area (TPSA) is 58.1 Å². The Labute approximate surface area is 134 Å². The smallest absolute Gasteiger partial charge is 0.224 e. The molecule has 1 fully saturated rings. The van der Waals surface area contributed by atoms with E-state index in [2.05, 4.69) is 15.3 Å². The highest BCUT2D eigenvalue weighted by atomic mass is 19.1. The van der Waals surface area contributed by atoms with Gasteiger partial charge >= 0.3 is 0 Å². The maximum atomic E-state index is 13.2. The van der Waals surface area contributed by atoms with E-state index in [1.807, 2.05) is 13.0 Å². The monoisotopic (exact) mass is 314 g/mol. The quantitative estimate of drug-likeness (QED) is 0.914. The summed E-state index contributed by atoms with van der Waals surface area (Å²) in [5.41, 5.74) is 1.80. The lowest BCUT2D eigenvalue weighted by Crippen LogP contribution is -2.32. The Kier molecular flexibility index (Phi) is 4.62. The van der Waals surface area contributed by atoms with E-state index in [0.29, 0.717) is 26.1 Å². The van der Waals surface area contributed by atoms with Gasteiger partial charge in [-0.1, -0.05) is 12.1 Å². The Morgan fingerprint density at radius 1 is 1.30 bits per heavy atom. The van der Waals surface area contributed by atoms with Gasteiger partial charge in [-0.05, 0) is 24.6 Å². The van der Waals surface area contributed by atoms with Crippen LogP contribution in [-0.2, 0) is 17.9 Å². The summed E-state index contributed by atoms with van der Waals surface area (Å²) in [7, 11) is 0. The molecule has 1 unspecified atom stereocenters. The van der Waals surface area contributed by atoms with E-state index in [9.17, 15) is 9.18 Å². The maximum absolute atomic E-state index is 13.2. The number of carbonyl (C=O) groups excluding carboxylic acids is 1. The van der Waals surface area contributed by atoms with Gasteiger partial charge in [0.25, 0.3) is 0 Å². The molecule has 1 aliphatic rings. The van der Waals surface area contributed by atoms with E-state index in [1.54, 1.807) is 23.4 Å². The summed E-state index contributed by atoms with van der Waals surface area (Å²) in [6.45, 7) is 3.55. The van der Waals surface area contributed by atoms with Gasteiger partial charge in [0.05, 0.1) is 0 Å². The van der Waals surface area contributed by atoms with Gasteiger partial charge < -0.3 is 10.2 Å². The summed E-state index contributed by atoms with van der Waals surface area (Å²) in [6.07, 6.45) is 4.04. The van der Waals surface area contributed by atoms with Crippen LogP contribution in [0.25, 0.3) is 0 Å². The second-order valence-electron chi connectivity index (χ2n) is 5.82. The molecule has 1 saturated heterocycles. The molecule has 1 aliphatic heterocycles. The standard InChI is InChI=1S/C17H19FN4O/c1-12-19-7-14(8-20-12)9-21-16-6-17(23)22(11-16)10-13-3-2-4-15(18)5-13/h2-5,7-8,16,21H,6,9-11H2,1H3. The lowest BCUT2D eigenvalue weighted by Gasteiger charge is -2.17. The van der Waals surface area contributed by atoms with Crippen molar-refractivity contribution in [2.45, 2.75) is 32.5 Å². The van der Waals surface area contributed by atoms with Gasteiger partial charge in [0.1, 0.15) is 11.6 Å². The molecule has 5 nitrogen and oxygen atoms in total. The second kappa shape index (κ2) is 6.83. The van der Waals surface area contributed by atoms with Gasteiger partial charge in [-0.3, -0.25) is 4.79 Å². The summed E-state index contributed by atoms with van der Waals surface area (Å²) in [5.74, 6) is 0.557. The summed E-state index contributed by atoms with van der Waals surface area (Å²) in [4.78, 5) is 22.2. The number of benzene rings is 1. The lowest BCUT2D eigenvalue weighted by atomic mass is 10.2. The van der Waals surface area contributed by atoms with E-state index in [1.165, 1.54) is 12.1 Å². The molecule has 2 aromatic rings. The van der Waals surface area contributed by atoms with Crippen molar-refractivity contribution < 1.29 is 9.18 Å². The molecule has 0 radical (unpaired) electrons. The highest BCUT2D eigenvalue weighted by molar-refractivity contribution is 5.79. The van der Waals surface area contributed by atoms with Crippen LogP contribution in [0.2, 0.25) is 0 Å². The lowest BCUT2D eigenvalue weighted by molar-refractivity contribution is -0.128. The van der Waals surface area contributed by atoms with Crippen molar-refractivity contribution in [3.05, 3.63) is 59.4 Å². The molecule has 0 spiro atoms. The molecule has 3 rings (SSSR count). The van der Waals surface area contributed by atoms with Crippen molar-refractivity contribution in [2.75, 3.05) is 6.54 Å². The van der Waals surface area contributed by atoms with Crippen LogP contribution in [0.1, 0.15) is 23.4 Å². The third kappa shape index (κ3) is 4.10. The number of carbonyl (C=O) groups is 1. The molecule has 1 atom stereocenters. The van der Waals surface area contributed by atoms with Gasteiger partial charge in [0, 0.05) is 50.1 Å². The number of aromatic nitrogens is 2. The van der Waals surface area contributed by atoms with E-state index in [4.69, 9.17) is 0 Å². The van der Waals surface area contributed by atoms with Crippen molar-refractivity contribution in [2.24, 2.45) is 0 Å². The first kappa shape index (κ1) is 15.6. The first-order valence-electron chi connectivity index (χ1n) is 7.63. The average Bonchev–Trinajstić information content (AvgIpc) is 2.87. The second-order valence-corrected chi connectivity index (χ2v) is 5.82. The molecule has 120 valence electrons. The van der Waals surface area contributed by atoms with Crippen molar-refractivity contribution >= 4 is 5.91 Å². The number of likely N-dealkylation sites (tertiary alicyclic amines) is 1. The number of aryl methyl sites for hydroxylation is 1. The van der Waals surface area contributed by atoms with Gasteiger partial charge in [0.15, 0.2) is 0 Å². The number of rotatable bonds is 5. The summed E-state index contributed by atoms with van der Waals surface area (Å²) < 4.78 is 13.2. The number of hydrogen-bond acceptors (Lipinski definition) is 4. The Hall–Kier alpha value is -2.34. The Morgan fingerprint density at radius 2 is 2.09 bits per heavy atom. The predicted octanol–water partition coefficient (Wildman–Crippen LogP) is 1.81. The van der Waals surface area contributed by atoms with Crippen molar-refractivity contribution in [1.29, 1.82) is 0 Å². The molecule has 1 aromatic carbocycles. The summed E-state index contributed by atoms with van der Waals surface area (Å²) in [5, 5.41) is 3.36. The maximum Gasteiger partial charge on any atom is 0.224 e. The Balaban J connectivity index is 1.54. The molecule has 23 heavy (non-hydrogen) atoms. The molecule has 1 amide bonds. The highest BCUT2D eigenvalue weighted by Crippen LogP contribution is 2.16. The third-order valence-corrected chi connectivity index (χ3v) is 3.91. The van der Waals surface area contributed by atoms with E-state index in [0.717, 1.165) is 17.0 Å². The molecule has 1 aromatic heterocycles. The van der Waals surface area contributed by atoms with Crippen LogP contribution in [-0.4, -0.2) is 33.4 Å². The van der Waals surface area contributed by atoms with Gasteiger partial charge in [-0.25, -0.2) is 14.4 Å². The van der Waals surface area contributed by atoms with Crippen LogP contribution in [0.5, 0.6) is 0 Å². The first-order valence-corrected chi connectivity index (χ1v) is 7.63. The number of nitrogens with one attached hydrogen (secondary N) is 1. The van der Waals surface area contributed by atoms with Crippen LogP contribution in [0, 0.1) is 12.7 Å². The largest absolute Gasteiger partial charge is 0.337 e. The van der Waals surface area contributed by atoms with Gasteiger partial charge in [-0.2, -0.15) is 0 Å². The zero-order valence-corrected chi connectivity index (χ0v) is 13.0. The Morgan fingerprint density at radius 3 is 2.83 bits per heavy atom. The van der Waals surface area contributed by atoms with Gasteiger partial charge in [0.2, 0.25) is 5.91 Å². The van der Waals surface area contributed by atoms with Gasteiger partial charge in [-0.15, -0.1) is 0 Å². The van der Waals surface area contributed by atoms with Crippen LogP contribution in [0.15, 0.2) is 36.7 Å². The molecule has 6 heteroatoms. The van der Waals surface area contributed by atoms with Crippen LogP contribution in [0.4, 0.5) is 4.39 Å². The number of amides is 1. The Bertz CT molecular complexity index is 689. The first-order chi connectivity index (χ1) is 11.1. The molecule has 1 N–H and O–H groups in total. The number of nitrogens with zero attached hydrogens (tertiary/aromatic N) is 3. The number of hydrogen-bond donors (Lipinski definition) is 1. The summed E-state index contributed by atoms with van der Waals surface area (Å²) >= 11 is 0. The molecular formula is C17H19FN4O. The molecular weight excluding hydrogens is 295 g/mol. The number of halogens is 1. The van der Waals surface area contributed by atoms with Crippen molar-refractivity contribution in [3.8, 4) is 0 Å². The normalized spacial score (nSPS) is 17.7. The molecule has 0 saturated carbocycles. The van der Waals surface area contributed by atoms with Crippen LogP contribution in [0.3, 0.4) is 0 Å². The third-order valence-electron chi connectivity index (χ3n) is 3.91. The minimum Gasteiger partial charge on any atom is -0.337 e. The molecule has 0 aliphatic carbocycles. The fourth-order valence-corrected chi connectivity index (χ4v) is 2.69. The molecule has 2 heterocycles. The van der Waals surface area contributed by atoms with Crippen molar-refractivity contribution in [1.82, 2.24) is 20.2 Å². The van der Waals surface area contributed by atoms with E-state index < -0.39 is 0 Å². The van der Waals surface area contributed by atoms with Crippen LogP contribution >= 0.6 is 0 Å². The van der Waals surface area contributed by atoms with E-state index >= 15 is 0 Å². The van der Waals surface area contributed by atoms with E-state index in [-0.39, 0.29) is 17.8 Å². The minimum atomic E-state index is -0.275. The van der Waals surface area contributed by atoms with Crippen LogP contribution < -0.4 is 5.32 Å². The fraction of sp³-hybridized carbons (Fsp3) is 0.353. The molecule has 0 bridgehead atoms. The average molecular weight is 314 g/mol. The predicted molar refractivity (Wildman–Crippen MR) is 83.8 cm³/mol. The zero-order chi connectivity index (χ0) is 16.2. The fourth-order valence-electron chi connectivity index (χ4n) is 2.69. The SMILES string of the molecule is Cc1ncc(CNC2CC(=O)N(Cc3cccc(F)c3)C2)cn1. The minimum absolute atomic E-state index is 0.0897. The highest BCUT2D eigenvalue weighted by Gasteiger charge is 2.29. The zero-order valence-electron chi connectivity index (χ0n) is 13.0. The summed E-state index contributed by atoms with van der Waals surface area (Å²) in [6, 6.07) is 6.47. The van der Waals surface area contributed by atoms with Crippen molar-refractivity contribution in [3.63, 3.8) is 0 Å².